The van der Waals surface area contributed by atoms with Crippen molar-refractivity contribution in [3.05, 3.63) is 155 Å². The van der Waals surface area contributed by atoms with Gasteiger partial charge in [0.05, 0.1) is 33.4 Å². The van der Waals surface area contributed by atoms with Crippen LogP contribution in [0.15, 0.2) is 112 Å². The second kappa shape index (κ2) is 13.0. The summed E-state index contributed by atoms with van der Waals surface area (Å²) in [5.74, 6) is 1.13. The Bertz CT molecular complexity index is 2240. The van der Waals surface area contributed by atoms with E-state index < -0.39 is 16.9 Å². The molecule has 1 aromatic heterocycles. The molecule has 11 nitrogen and oxygen atoms in total. The van der Waals surface area contributed by atoms with Gasteiger partial charge in [0.1, 0.15) is 12.4 Å². The van der Waals surface area contributed by atoms with Gasteiger partial charge in [-0.2, -0.15) is 0 Å². The number of rotatable bonds is 9. The minimum absolute atomic E-state index is 0.0176. The Hall–Kier alpha value is -6.01. The number of nitro groups is 1. The van der Waals surface area contributed by atoms with E-state index in [1.165, 1.54) is 28.0 Å². The molecule has 2 aliphatic heterocycles. The fourth-order valence-electron chi connectivity index (χ4n) is 5.53. The molecule has 5 aromatic rings. The molecule has 0 N–H and O–H groups in total. The number of benzene rings is 4. The zero-order valence-electron chi connectivity index (χ0n) is 25.5. The van der Waals surface area contributed by atoms with E-state index in [1.807, 2.05) is 48.5 Å². The molecule has 48 heavy (non-hydrogen) atoms. The highest BCUT2D eigenvalue weighted by molar-refractivity contribution is 7.07. The first-order chi connectivity index (χ1) is 23.4. The number of hydrogen-bond donors (Lipinski definition) is 0. The standard InChI is InChI=1S/C36H27N3O8S/c1-2-44-35(41)31-32(24-6-4-3-5-7-24)37-36-38(33(31)25-12-17-28-29(19-25)47-21-46-28)34(40)30(48-36)18-22-10-15-27(16-11-22)45-20-23-8-13-26(14-9-23)39(42)43/h3-19,33H,2,20-21H2,1H3/b30-18-. The van der Waals surface area contributed by atoms with Crippen LogP contribution in [0.25, 0.3) is 11.8 Å². The summed E-state index contributed by atoms with van der Waals surface area (Å²) < 4.78 is 24.5. The van der Waals surface area contributed by atoms with E-state index in [9.17, 15) is 19.7 Å². The van der Waals surface area contributed by atoms with Gasteiger partial charge in [-0.15, -0.1) is 0 Å². The highest BCUT2D eigenvalue weighted by Crippen LogP contribution is 2.40. The van der Waals surface area contributed by atoms with Gasteiger partial charge in [-0.3, -0.25) is 19.5 Å². The largest absolute Gasteiger partial charge is 0.489 e. The first kappa shape index (κ1) is 30.6. The second-order valence-corrected chi connectivity index (χ2v) is 11.8. The lowest BCUT2D eigenvalue weighted by Crippen LogP contribution is -2.40. The zero-order valence-corrected chi connectivity index (χ0v) is 26.3. The Morgan fingerprint density at radius 3 is 2.50 bits per heavy atom. The molecule has 1 atom stereocenters. The van der Waals surface area contributed by atoms with Gasteiger partial charge in [-0.25, -0.2) is 9.79 Å². The van der Waals surface area contributed by atoms with Crippen LogP contribution in [0.3, 0.4) is 0 Å². The highest BCUT2D eigenvalue weighted by Gasteiger charge is 2.36. The van der Waals surface area contributed by atoms with Gasteiger partial charge in [0.2, 0.25) is 6.79 Å². The van der Waals surface area contributed by atoms with E-state index in [1.54, 1.807) is 49.4 Å². The summed E-state index contributed by atoms with van der Waals surface area (Å²) in [4.78, 5) is 43.6. The van der Waals surface area contributed by atoms with E-state index in [2.05, 4.69) is 0 Å². The number of ether oxygens (including phenoxy) is 4. The molecule has 0 aliphatic carbocycles. The van der Waals surface area contributed by atoms with E-state index in [0.717, 1.165) is 11.1 Å². The number of thiazole rings is 1. The fourth-order valence-corrected chi connectivity index (χ4v) is 6.53. The normalized spacial score (nSPS) is 15.1. The number of fused-ring (bicyclic) bond motifs is 2. The number of non-ortho nitro benzene ring substituents is 1. The van der Waals surface area contributed by atoms with Crippen molar-refractivity contribution in [2.75, 3.05) is 13.4 Å². The van der Waals surface area contributed by atoms with Crippen LogP contribution in [0.1, 0.15) is 35.2 Å². The van der Waals surface area contributed by atoms with Gasteiger partial charge in [-0.05, 0) is 66.1 Å². The van der Waals surface area contributed by atoms with Crippen LogP contribution in [0.2, 0.25) is 0 Å². The molecule has 0 bridgehead atoms. The van der Waals surface area contributed by atoms with E-state index >= 15 is 0 Å². The molecule has 12 heteroatoms. The lowest BCUT2D eigenvalue weighted by molar-refractivity contribution is -0.384. The zero-order chi connectivity index (χ0) is 33.2. The first-order valence-electron chi connectivity index (χ1n) is 15.0. The number of carbonyl (C=O) groups excluding carboxylic acids is 1. The average molecular weight is 662 g/mol. The first-order valence-corrected chi connectivity index (χ1v) is 15.9. The van der Waals surface area contributed by atoms with Crippen molar-refractivity contribution in [3.8, 4) is 17.2 Å². The van der Waals surface area contributed by atoms with Crippen molar-refractivity contribution in [2.24, 2.45) is 4.99 Å². The molecule has 0 fully saturated rings. The van der Waals surface area contributed by atoms with Crippen molar-refractivity contribution in [3.63, 3.8) is 0 Å². The van der Waals surface area contributed by atoms with Gasteiger partial charge in [-0.1, -0.05) is 59.9 Å². The topological polar surface area (TPSA) is 131 Å². The van der Waals surface area contributed by atoms with Crippen LogP contribution < -0.4 is 29.1 Å². The Morgan fingerprint density at radius 2 is 1.77 bits per heavy atom. The van der Waals surface area contributed by atoms with Gasteiger partial charge in [0.25, 0.3) is 11.2 Å². The summed E-state index contributed by atoms with van der Waals surface area (Å²) in [5.41, 5.74) is 3.30. The number of hydrogen-bond acceptors (Lipinski definition) is 10. The smallest absolute Gasteiger partial charge is 0.338 e. The SMILES string of the molecule is CCOC(=O)C1=C(c2ccccc2)N=c2s/c(=C\c3ccc(OCc4ccc([N+](=O)[O-])cc4)cc3)c(=O)n2C1c1ccc2c(c1)OCO2. The fraction of sp³-hybridized carbons (Fsp3) is 0.139. The molecule has 1 unspecified atom stereocenters. The summed E-state index contributed by atoms with van der Waals surface area (Å²) in [7, 11) is 0. The Labute approximate surface area is 277 Å². The number of nitrogens with zero attached hydrogens (tertiary/aromatic N) is 3. The van der Waals surface area contributed by atoms with E-state index in [-0.39, 0.29) is 36.8 Å². The molecule has 7 rings (SSSR count). The predicted octanol–water partition coefficient (Wildman–Crippen LogP) is 5.15. The molecule has 2 aliphatic rings. The van der Waals surface area contributed by atoms with Crippen molar-refractivity contribution in [1.29, 1.82) is 0 Å². The summed E-state index contributed by atoms with van der Waals surface area (Å²) in [6.07, 6.45) is 1.77. The minimum Gasteiger partial charge on any atom is -0.489 e. The van der Waals surface area contributed by atoms with Crippen molar-refractivity contribution < 1.29 is 28.7 Å². The van der Waals surface area contributed by atoms with Crippen LogP contribution in [0.5, 0.6) is 17.2 Å². The summed E-state index contributed by atoms with van der Waals surface area (Å²) >= 11 is 1.23. The Morgan fingerprint density at radius 1 is 1.02 bits per heavy atom. The summed E-state index contributed by atoms with van der Waals surface area (Å²) in [6, 6.07) is 27.3. The van der Waals surface area contributed by atoms with E-state index in [0.29, 0.717) is 43.4 Å². The third-order valence-corrected chi connectivity index (χ3v) is 8.80. The van der Waals surface area contributed by atoms with Crippen LogP contribution in [0, 0.1) is 10.1 Å². The lowest BCUT2D eigenvalue weighted by atomic mass is 9.93. The highest BCUT2D eigenvalue weighted by atomic mass is 32.1. The maximum Gasteiger partial charge on any atom is 0.338 e. The maximum atomic E-state index is 14.2. The summed E-state index contributed by atoms with van der Waals surface area (Å²) in [5, 5.41) is 10.9. The van der Waals surface area contributed by atoms with Crippen LogP contribution in [0.4, 0.5) is 5.69 Å². The van der Waals surface area contributed by atoms with Crippen molar-refractivity contribution >= 4 is 34.8 Å². The molecule has 4 aromatic carbocycles. The number of carbonyl (C=O) groups is 1. The van der Waals surface area contributed by atoms with Gasteiger partial charge < -0.3 is 18.9 Å². The Balaban J connectivity index is 1.28. The maximum absolute atomic E-state index is 14.2. The lowest BCUT2D eigenvalue weighted by Gasteiger charge is -2.26. The van der Waals surface area contributed by atoms with Crippen LogP contribution >= 0.6 is 11.3 Å². The predicted molar refractivity (Wildman–Crippen MR) is 177 cm³/mol. The number of nitro benzene ring substituents is 1. The van der Waals surface area contributed by atoms with Crippen molar-refractivity contribution in [1.82, 2.24) is 4.57 Å². The molecule has 240 valence electrons. The van der Waals surface area contributed by atoms with E-state index in [4.69, 9.17) is 23.9 Å². The minimum atomic E-state index is -0.845. The van der Waals surface area contributed by atoms with Gasteiger partial charge in [0.15, 0.2) is 16.3 Å². The van der Waals surface area contributed by atoms with Crippen LogP contribution in [-0.4, -0.2) is 28.9 Å². The quantitative estimate of drug-likeness (QED) is 0.120. The summed E-state index contributed by atoms with van der Waals surface area (Å²) in [6.45, 7) is 2.20. The average Bonchev–Trinajstić information content (AvgIpc) is 3.71. The molecular formula is C36H27N3O8S. The molecule has 3 heterocycles. The monoisotopic (exact) mass is 661 g/mol. The number of aromatic nitrogens is 1. The molecule has 0 radical (unpaired) electrons. The number of esters is 1. The van der Waals surface area contributed by atoms with Crippen molar-refractivity contribution in [2.45, 2.75) is 19.6 Å². The molecular weight excluding hydrogens is 634 g/mol. The molecule has 0 saturated carbocycles. The molecule has 0 spiro atoms. The second-order valence-electron chi connectivity index (χ2n) is 10.8. The molecule has 0 amide bonds. The third kappa shape index (κ3) is 5.96. The van der Waals surface area contributed by atoms with Crippen LogP contribution in [-0.2, 0) is 16.1 Å². The Kier molecular flexibility index (Phi) is 8.30. The third-order valence-electron chi connectivity index (χ3n) is 7.82. The molecule has 0 saturated heterocycles. The van der Waals surface area contributed by atoms with Gasteiger partial charge >= 0.3 is 5.97 Å². The van der Waals surface area contributed by atoms with Gasteiger partial charge in [0, 0.05) is 17.7 Å².